The Balaban J connectivity index is 1.43. The molecule has 1 aliphatic heterocycles. The van der Waals surface area contributed by atoms with Crippen LogP contribution in [-0.4, -0.2) is 29.2 Å². The summed E-state index contributed by atoms with van der Waals surface area (Å²) in [6.45, 7) is 7.52. The summed E-state index contributed by atoms with van der Waals surface area (Å²) in [7, 11) is 0. The first-order valence-corrected chi connectivity index (χ1v) is 11.4. The number of likely N-dealkylation sites (tertiary alicyclic amines) is 1. The molecule has 0 bridgehead atoms. The van der Waals surface area contributed by atoms with Gasteiger partial charge in [-0.15, -0.1) is 0 Å². The van der Waals surface area contributed by atoms with Crippen LogP contribution < -0.4 is 0 Å². The van der Waals surface area contributed by atoms with E-state index >= 15 is 0 Å². The highest BCUT2D eigenvalue weighted by Gasteiger charge is 2.58. The van der Waals surface area contributed by atoms with Gasteiger partial charge in [0.25, 0.3) is 0 Å². The molecule has 4 aliphatic carbocycles. The Hall–Kier alpha value is -0.760. The molecule has 0 radical (unpaired) electrons. The van der Waals surface area contributed by atoms with E-state index in [1.165, 1.54) is 70.9 Å². The summed E-state index contributed by atoms with van der Waals surface area (Å²) in [5.41, 5.74) is 3.88. The van der Waals surface area contributed by atoms with Crippen molar-refractivity contribution in [2.24, 2.45) is 28.6 Å². The van der Waals surface area contributed by atoms with Crippen molar-refractivity contribution in [1.82, 2.24) is 4.90 Å². The molecule has 5 rings (SSSR count). The summed E-state index contributed by atoms with van der Waals surface area (Å²) >= 11 is 0. The lowest BCUT2D eigenvalue weighted by Crippen LogP contribution is -2.50. The molecule has 6 atom stereocenters. The normalized spacial score (nSPS) is 48.2. The third-order valence-electron chi connectivity index (χ3n) is 9.46. The van der Waals surface area contributed by atoms with E-state index in [1.807, 2.05) is 0 Å². The van der Waals surface area contributed by atoms with Crippen molar-refractivity contribution in [3.05, 3.63) is 23.4 Å². The maximum absolute atomic E-state index is 10.6. The Kier molecular flexibility index (Phi) is 4.09. The summed E-state index contributed by atoms with van der Waals surface area (Å²) < 4.78 is 0. The van der Waals surface area contributed by atoms with Gasteiger partial charge in [0.15, 0.2) is 0 Å². The molecule has 1 saturated heterocycles. The highest BCUT2D eigenvalue weighted by atomic mass is 16.3. The molecule has 144 valence electrons. The third kappa shape index (κ3) is 2.40. The van der Waals surface area contributed by atoms with E-state index in [2.05, 4.69) is 30.9 Å². The van der Waals surface area contributed by atoms with E-state index in [1.54, 1.807) is 11.3 Å². The summed E-state index contributed by atoms with van der Waals surface area (Å²) in [6.07, 6.45) is 18.1. The summed E-state index contributed by atoms with van der Waals surface area (Å²) in [5, 5.41) is 10.6. The highest BCUT2D eigenvalue weighted by molar-refractivity contribution is 5.37. The van der Waals surface area contributed by atoms with Gasteiger partial charge in [0, 0.05) is 18.8 Å². The minimum absolute atomic E-state index is 0.0522. The van der Waals surface area contributed by atoms with E-state index in [0.717, 1.165) is 24.2 Å². The number of rotatable bonds is 1. The van der Waals surface area contributed by atoms with Gasteiger partial charge < -0.3 is 10.0 Å². The molecule has 2 saturated carbocycles. The average molecular weight is 356 g/mol. The number of aliphatic hydroxyl groups excluding tert-OH is 1. The zero-order chi connectivity index (χ0) is 17.9. The molecule has 26 heavy (non-hydrogen) atoms. The first kappa shape index (κ1) is 17.3. The van der Waals surface area contributed by atoms with Crippen molar-refractivity contribution in [2.45, 2.75) is 84.2 Å². The van der Waals surface area contributed by atoms with Crippen LogP contribution in [-0.2, 0) is 0 Å². The number of fused-ring (bicyclic) bond motifs is 5. The summed E-state index contributed by atoms with van der Waals surface area (Å²) in [4.78, 5) is 2.68. The highest BCUT2D eigenvalue weighted by Crippen LogP contribution is 2.64. The molecule has 0 amide bonds. The number of piperidine rings is 1. The number of nitrogens with zero attached hydrogens (tertiary/aromatic N) is 1. The lowest BCUT2D eigenvalue weighted by molar-refractivity contribution is -0.0630. The quantitative estimate of drug-likeness (QED) is 0.691. The van der Waals surface area contributed by atoms with Crippen LogP contribution in [0.3, 0.4) is 0 Å². The number of hydrogen-bond acceptors (Lipinski definition) is 2. The van der Waals surface area contributed by atoms with Crippen molar-refractivity contribution in [3.8, 4) is 0 Å². The van der Waals surface area contributed by atoms with Crippen LogP contribution in [0.4, 0.5) is 0 Å². The zero-order valence-corrected chi connectivity index (χ0v) is 16.8. The SMILES string of the molecule is CC12CCC(N3CCCCC3)=CC1=CCC1C2CCC2(C)C(O)CCC12. The Morgan fingerprint density at radius 1 is 1.00 bits per heavy atom. The molecular weight excluding hydrogens is 318 g/mol. The van der Waals surface area contributed by atoms with Crippen LogP contribution in [0, 0.1) is 28.6 Å². The lowest BCUT2D eigenvalue weighted by atomic mass is 9.48. The predicted molar refractivity (Wildman–Crippen MR) is 107 cm³/mol. The van der Waals surface area contributed by atoms with Crippen LogP contribution in [0.5, 0.6) is 0 Å². The molecule has 0 aromatic heterocycles. The van der Waals surface area contributed by atoms with Crippen LogP contribution in [0.25, 0.3) is 0 Å². The van der Waals surface area contributed by atoms with Gasteiger partial charge in [0.1, 0.15) is 0 Å². The molecule has 0 spiro atoms. The maximum atomic E-state index is 10.6. The van der Waals surface area contributed by atoms with E-state index in [9.17, 15) is 5.11 Å². The zero-order valence-electron chi connectivity index (χ0n) is 16.8. The van der Waals surface area contributed by atoms with E-state index < -0.39 is 0 Å². The molecule has 0 aromatic carbocycles. The predicted octanol–water partition coefficient (Wildman–Crippen LogP) is 5.29. The smallest absolute Gasteiger partial charge is 0.0596 e. The van der Waals surface area contributed by atoms with Crippen molar-refractivity contribution in [1.29, 1.82) is 0 Å². The largest absolute Gasteiger partial charge is 0.393 e. The van der Waals surface area contributed by atoms with Gasteiger partial charge in [0.2, 0.25) is 0 Å². The van der Waals surface area contributed by atoms with Gasteiger partial charge in [-0.3, -0.25) is 0 Å². The Morgan fingerprint density at radius 2 is 1.81 bits per heavy atom. The maximum Gasteiger partial charge on any atom is 0.0596 e. The molecule has 2 nitrogen and oxygen atoms in total. The Morgan fingerprint density at radius 3 is 2.62 bits per heavy atom. The molecule has 6 unspecified atom stereocenters. The second-order valence-corrected chi connectivity index (χ2v) is 10.5. The fraction of sp³-hybridized carbons (Fsp3) is 0.833. The second-order valence-electron chi connectivity index (χ2n) is 10.5. The molecule has 1 N–H and O–H groups in total. The Labute approximate surface area is 159 Å². The molecule has 3 fully saturated rings. The average Bonchev–Trinajstić information content (AvgIpc) is 2.97. The number of aliphatic hydroxyl groups is 1. The van der Waals surface area contributed by atoms with E-state index in [4.69, 9.17) is 0 Å². The number of hydrogen-bond donors (Lipinski definition) is 1. The second kappa shape index (κ2) is 6.12. The minimum Gasteiger partial charge on any atom is -0.393 e. The summed E-state index contributed by atoms with van der Waals surface area (Å²) in [6, 6.07) is 0. The van der Waals surface area contributed by atoms with Crippen LogP contribution in [0.2, 0.25) is 0 Å². The molecule has 1 heterocycles. The fourth-order valence-electron chi connectivity index (χ4n) is 7.71. The lowest BCUT2D eigenvalue weighted by Gasteiger charge is -2.57. The Bertz CT molecular complexity index is 630. The van der Waals surface area contributed by atoms with Crippen molar-refractivity contribution >= 4 is 0 Å². The van der Waals surface area contributed by atoms with Gasteiger partial charge in [-0.25, -0.2) is 0 Å². The molecule has 2 heteroatoms. The van der Waals surface area contributed by atoms with Gasteiger partial charge in [-0.2, -0.15) is 0 Å². The first-order chi connectivity index (χ1) is 12.5. The van der Waals surface area contributed by atoms with E-state index in [0.29, 0.717) is 5.41 Å². The monoisotopic (exact) mass is 355 g/mol. The minimum atomic E-state index is -0.0522. The van der Waals surface area contributed by atoms with Gasteiger partial charge >= 0.3 is 0 Å². The van der Waals surface area contributed by atoms with Crippen molar-refractivity contribution < 1.29 is 5.11 Å². The third-order valence-corrected chi connectivity index (χ3v) is 9.46. The number of allylic oxidation sites excluding steroid dienone is 4. The van der Waals surface area contributed by atoms with Gasteiger partial charge in [0.05, 0.1) is 6.10 Å². The topological polar surface area (TPSA) is 23.5 Å². The fourth-order valence-corrected chi connectivity index (χ4v) is 7.71. The van der Waals surface area contributed by atoms with Crippen LogP contribution in [0.1, 0.15) is 78.1 Å². The van der Waals surface area contributed by atoms with Crippen molar-refractivity contribution in [3.63, 3.8) is 0 Å². The van der Waals surface area contributed by atoms with Gasteiger partial charge in [-0.05, 0) is 104 Å². The van der Waals surface area contributed by atoms with Gasteiger partial charge in [-0.1, -0.05) is 19.9 Å². The summed E-state index contributed by atoms with van der Waals surface area (Å²) in [5.74, 6) is 2.40. The first-order valence-electron chi connectivity index (χ1n) is 11.4. The van der Waals surface area contributed by atoms with Crippen LogP contribution in [0.15, 0.2) is 23.4 Å². The van der Waals surface area contributed by atoms with E-state index in [-0.39, 0.29) is 11.5 Å². The molecular formula is C24H37NO. The van der Waals surface area contributed by atoms with Crippen molar-refractivity contribution in [2.75, 3.05) is 13.1 Å². The van der Waals surface area contributed by atoms with Crippen LogP contribution >= 0.6 is 0 Å². The standard InChI is InChI=1S/C24H37NO/c1-23-12-10-18(25-14-4-3-5-15-25)16-17(23)6-7-19-20-8-9-22(26)24(20,2)13-11-21(19)23/h6,16,19-22,26H,3-5,7-15H2,1-2H3. The molecule has 5 aliphatic rings. The molecule has 0 aromatic rings.